The summed E-state index contributed by atoms with van der Waals surface area (Å²) in [5, 5.41) is 17.5. The molecule has 2 aliphatic heterocycles. The molecule has 0 aromatic carbocycles. The van der Waals surface area contributed by atoms with Crippen LogP contribution >= 0.6 is 0 Å². The van der Waals surface area contributed by atoms with Crippen molar-refractivity contribution in [2.45, 2.75) is 39.1 Å². The topological polar surface area (TPSA) is 147 Å². The Kier molecular flexibility index (Phi) is 20.4. The van der Waals surface area contributed by atoms with Crippen molar-refractivity contribution in [1.82, 2.24) is 0 Å². The quantitative estimate of drug-likeness (QED) is 0.405. The minimum absolute atomic E-state index is 0.00463. The Labute approximate surface area is 174 Å². The van der Waals surface area contributed by atoms with E-state index in [4.69, 9.17) is 37.5 Å². The Morgan fingerprint density at radius 3 is 1.61 bits per heavy atom. The van der Waals surface area contributed by atoms with Crippen LogP contribution in [0.15, 0.2) is 0 Å². The number of rotatable bonds is 3. The van der Waals surface area contributed by atoms with Crippen molar-refractivity contribution in [3.8, 4) is 0 Å². The van der Waals surface area contributed by atoms with E-state index in [0.717, 1.165) is 0 Å². The van der Waals surface area contributed by atoms with Gasteiger partial charge in [-0.2, -0.15) is 0 Å². The maximum atomic E-state index is 10.8. The van der Waals surface area contributed by atoms with Gasteiger partial charge in [-0.25, -0.2) is 4.79 Å². The summed E-state index contributed by atoms with van der Waals surface area (Å²) in [6.07, 6.45) is -1.89. The molecule has 2 aliphatic rings. The van der Waals surface area contributed by atoms with E-state index < -0.39 is 18.2 Å². The van der Waals surface area contributed by atoms with Crippen LogP contribution in [0.25, 0.3) is 0 Å². The van der Waals surface area contributed by atoms with Crippen LogP contribution in [-0.2, 0) is 59.8 Å². The van der Waals surface area contributed by atoms with Gasteiger partial charge in [-0.3, -0.25) is 4.79 Å². The molecule has 0 spiro atoms. The number of ether oxygens (including phenoxy) is 6. The Morgan fingerprint density at radius 1 is 0.929 bits per heavy atom. The zero-order valence-electron chi connectivity index (χ0n) is 16.8. The van der Waals surface area contributed by atoms with Crippen molar-refractivity contribution in [2.75, 3.05) is 47.1 Å². The second kappa shape index (κ2) is 19.4. The molecule has 1 atom stereocenters. The number of aliphatic hydroxyl groups is 2. The molecule has 0 aromatic heterocycles. The van der Waals surface area contributed by atoms with Gasteiger partial charge in [0, 0.05) is 0 Å². The fourth-order valence-electron chi connectivity index (χ4n) is 1.51. The van der Waals surface area contributed by atoms with E-state index in [9.17, 15) is 9.59 Å². The first kappa shape index (κ1) is 29.3. The van der Waals surface area contributed by atoms with Gasteiger partial charge >= 0.3 is 33.8 Å². The first-order valence-corrected chi connectivity index (χ1v) is 9.73. The third kappa shape index (κ3) is 17.2. The summed E-state index contributed by atoms with van der Waals surface area (Å²) >= 11 is 0.125. The second-order valence-electron chi connectivity index (χ2n) is 5.79. The summed E-state index contributed by atoms with van der Waals surface area (Å²) in [5.74, 6) is -0.792. The van der Waals surface area contributed by atoms with E-state index in [-0.39, 0.29) is 43.0 Å². The average molecular weight is 464 g/mol. The van der Waals surface area contributed by atoms with Crippen LogP contribution in [0.1, 0.15) is 20.8 Å². The van der Waals surface area contributed by atoms with Gasteiger partial charge in [0.2, 0.25) is 0 Å². The van der Waals surface area contributed by atoms with Crippen molar-refractivity contribution in [2.24, 2.45) is 5.92 Å². The third-order valence-corrected chi connectivity index (χ3v) is 2.86. The molecular weight excluding hydrogens is 434 g/mol. The van der Waals surface area contributed by atoms with E-state index in [2.05, 4.69) is 4.74 Å². The molecule has 2 saturated heterocycles. The van der Waals surface area contributed by atoms with Crippen molar-refractivity contribution < 1.29 is 70.0 Å². The van der Waals surface area contributed by atoms with Crippen molar-refractivity contribution in [3.63, 3.8) is 0 Å². The molecule has 2 fully saturated rings. The molecule has 0 radical (unpaired) electrons. The SMILES string of the molecule is CC(O)C(=O)OC1COCOC1.COC(=O)C(C)C.OC1COCOC1.[O]=[Zn]. The molecule has 162 valence electrons. The number of methoxy groups -OCH3 is 1. The molecule has 2 rings (SSSR count). The molecule has 0 amide bonds. The standard InChI is InChI=1S/C7H12O5.C5H10O2.C4H8O3.O.Zn/c1-5(8)7(9)12-6-2-10-4-11-3-6;1-4(2)5(6)7-3;5-4-1-6-3-7-2-4;;/h5-6,8H,2-4H2,1H3;4H,1-3H3;4-5H,1-3H2;;. The summed E-state index contributed by atoms with van der Waals surface area (Å²) in [7, 11) is 1.39. The Balaban J connectivity index is 0. The van der Waals surface area contributed by atoms with Gasteiger partial charge < -0.3 is 38.6 Å². The van der Waals surface area contributed by atoms with Gasteiger partial charge in [-0.1, -0.05) is 13.8 Å². The number of carbonyl (C=O) groups excluding carboxylic acids is 2. The fraction of sp³-hybridized carbons (Fsp3) is 0.875. The van der Waals surface area contributed by atoms with E-state index in [1.807, 2.05) is 0 Å². The van der Waals surface area contributed by atoms with Crippen LogP contribution in [0.3, 0.4) is 0 Å². The van der Waals surface area contributed by atoms with Gasteiger partial charge in [0.05, 0.1) is 39.5 Å². The van der Waals surface area contributed by atoms with Crippen molar-refractivity contribution in [3.05, 3.63) is 0 Å². The van der Waals surface area contributed by atoms with Crippen molar-refractivity contribution in [1.29, 1.82) is 0 Å². The summed E-state index contributed by atoms with van der Waals surface area (Å²) in [4.78, 5) is 21.1. The number of aliphatic hydroxyl groups excluding tert-OH is 2. The van der Waals surface area contributed by atoms with Gasteiger partial charge in [0.15, 0.2) is 0 Å². The molecule has 0 bridgehead atoms. The number of hydrogen-bond acceptors (Lipinski definition) is 11. The van der Waals surface area contributed by atoms with E-state index in [1.54, 1.807) is 13.8 Å². The predicted octanol–water partition coefficient (Wildman–Crippen LogP) is -0.671. The Bertz CT molecular complexity index is 394. The first-order valence-electron chi connectivity index (χ1n) is 8.52. The average Bonchev–Trinajstić information content (AvgIpc) is 2.71. The summed E-state index contributed by atoms with van der Waals surface area (Å²) < 4.78 is 36.7. The van der Waals surface area contributed by atoms with E-state index in [0.29, 0.717) is 33.2 Å². The molecule has 2 N–H and O–H groups in total. The van der Waals surface area contributed by atoms with Crippen LogP contribution < -0.4 is 0 Å². The Hall–Kier alpha value is -0.877. The van der Waals surface area contributed by atoms with Gasteiger partial charge in [-0.15, -0.1) is 0 Å². The molecule has 12 heteroatoms. The molecular formula is C16H30O11Zn. The summed E-state index contributed by atoms with van der Waals surface area (Å²) in [5.41, 5.74) is 0. The van der Waals surface area contributed by atoms with E-state index in [1.165, 1.54) is 14.0 Å². The number of hydrogen-bond donors (Lipinski definition) is 2. The molecule has 0 saturated carbocycles. The summed E-state index contributed by atoms with van der Waals surface area (Å²) in [6, 6.07) is 0. The molecule has 28 heavy (non-hydrogen) atoms. The van der Waals surface area contributed by atoms with Crippen LogP contribution in [0.5, 0.6) is 0 Å². The second-order valence-corrected chi connectivity index (χ2v) is 5.79. The minimum atomic E-state index is -1.09. The van der Waals surface area contributed by atoms with Crippen LogP contribution in [0, 0.1) is 5.92 Å². The molecule has 2 heterocycles. The first-order chi connectivity index (χ1) is 13.3. The number of esters is 2. The number of carbonyl (C=O) groups is 2. The van der Waals surface area contributed by atoms with Crippen molar-refractivity contribution >= 4 is 11.9 Å². The van der Waals surface area contributed by atoms with Gasteiger partial charge in [0.1, 0.15) is 31.9 Å². The molecule has 0 aromatic rings. The zero-order valence-corrected chi connectivity index (χ0v) is 19.8. The van der Waals surface area contributed by atoms with Gasteiger partial charge in [0.25, 0.3) is 0 Å². The van der Waals surface area contributed by atoms with Crippen LogP contribution in [0.4, 0.5) is 0 Å². The Morgan fingerprint density at radius 2 is 1.36 bits per heavy atom. The van der Waals surface area contributed by atoms with Crippen LogP contribution in [0.2, 0.25) is 0 Å². The van der Waals surface area contributed by atoms with E-state index >= 15 is 0 Å². The molecule has 1 unspecified atom stereocenters. The zero-order chi connectivity index (χ0) is 21.9. The fourth-order valence-corrected chi connectivity index (χ4v) is 1.51. The normalized spacial score (nSPS) is 18.2. The molecule has 0 aliphatic carbocycles. The molecule has 11 nitrogen and oxygen atoms in total. The third-order valence-electron chi connectivity index (χ3n) is 2.86. The predicted molar refractivity (Wildman–Crippen MR) is 88.7 cm³/mol. The maximum absolute atomic E-state index is 10.8. The van der Waals surface area contributed by atoms with Crippen LogP contribution in [-0.4, -0.2) is 87.6 Å². The summed E-state index contributed by atoms with van der Waals surface area (Å²) in [6.45, 7) is 7.02. The monoisotopic (exact) mass is 462 g/mol. The van der Waals surface area contributed by atoms with Gasteiger partial charge in [-0.05, 0) is 6.92 Å².